The molecule has 3 rings (SSSR count). The number of piperidine rings is 1. The molecule has 0 unspecified atom stereocenters. The Morgan fingerprint density at radius 2 is 2.04 bits per heavy atom. The maximum atomic E-state index is 13.4. The molecular weight excluding hydrogens is 384 g/mol. The van der Waals surface area contributed by atoms with Gasteiger partial charge in [-0.25, -0.2) is 14.2 Å². The number of amides is 1. The minimum absolute atomic E-state index is 0. The molecule has 1 aromatic heterocycles. The minimum Gasteiger partial charge on any atom is -0.796 e. The summed E-state index contributed by atoms with van der Waals surface area (Å²) in [5, 5.41) is 0. The minimum atomic E-state index is -0.287. The molecule has 0 bridgehead atoms. The number of aromatic nitrogens is 2. The summed E-state index contributed by atoms with van der Waals surface area (Å²) in [4.78, 5) is 18.0. The number of carbonyl (C=O) groups is 1. The van der Waals surface area contributed by atoms with Gasteiger partial charge in [0.1, 0.15) is 11.6 Å². The molecule has 0 atom stereocenters. The first-order chi connectivity index (χ1) is 12.1. The van der Waals surface area contributed by atoms with Gasteiger partial charge in [0.25, 0.3) is 0 Å². The SMILES string of the molecule is CCOC(=O)N1CCC(n2c(CS)nc3cc(F)ccc32)CC1.C[S-].[Na+]. The van der Waals surface area contributed by atoms with E-state index in [1.807, 2.05) is 0 Å². The van der Waals surface area contributed by atoms with Crippen molar-refractivity contribution in [2.45, 2.75) is 31.6 Å². The fraction of sp³-hybridized carbons (Fsp3) is 0.529. The van der Waals surface area contributed by atoms with Gasteiger partial charge in [-0.2, -0.15) is 18.9 Å². The van der Waals surface area contributed by atoms with Crippen molar-refractivity contribution in [3.63, 3.8) is 0 Å². The van der Waals surface area contributed by atoms with E-state index in [4.69, 9.17) is 4.74 Å². The van der Waals surface area contributed by atoms with E-state index in [-0.39, 0.29) is 47.5 Å². The van der Waals surface area contributed by atoms with E-state index in [1.165, 1.54) is 12.1 Å². The van der Waals surface area contributed by atoms with Crippen LogP contribution in [0.2, 0.25) is 0 Å². The topological polar surface area (TPSA) is 47.4 Å². The van der Waals surface area contributed by atoms with Gasteiger partial charge in [-0.05, 0) is 31.9 Å². The van der Waals surface area contributed by atoms with E-state index >= 15 is 0 Å². The molecule has 2 aromatic rings. The third kappa shape index (κ3) is 5.32. The Kier molecular flexibility index (Phi) is 10.4. The number of carbonyl (C=O) groups excluding carboxylic acids is 1. The summed E-state index contributed by atoms with van der Waals surface area (Å²) in [6, 6.07) is 4.91. The van der Waals surface area contributed by atoms with Gasteiger partial charge in [0.15, 0.2) is 0 Å². The Morgan fingerprint density at radius 3 is 2.62 bits per heavy atom. The number of hydrogen-bond acceptors (Lipinski definition) is 5. The first-order valence-corrected chi connectivity index (χ1v) is 9.68. The van der Waals surface area contributed by atoms with Crippen molar-refractivity contribution in [1.29, 1.82) is 0 Å². The number of halogens is 1. The smallest absolute Gasteiger partial charge is 0.796 e. The van der Waals surface area contributed by atoms with Crippen LogP contribution in [-0.2, 0) is 23.1 Å². The van der Waals surface area contributed by atoms with Gasteiger partial charge in [-0.1, -0.05) is 0 Å². The number of hydrogen-bond donors (Lipinski definition) is 1. The molecule has 1 saturated heterocycles. The first-order valence-electron chi connectivity index (χ1n) is 8.23. The molecule has 1 aliphatic rings. The molecule has 0 N–H and O–H groups in total. The number of fused-ring (bicyclic) bond motifs is 1. The monoisotopic (exact) mass is 407 g/mol. The number of imidazole rings is 1. The van der Waals surface area contributed by atoms with Gasteiger partial charge in [-0.3, -0.25) is 0 Å². The maximum Gasteiger partial charge on any atom is 1.00 e. The number of benzene rings is 1. The third-order valence-electron chi connectivity index (χ3n) is 4.22. The number of likely N-dealkylation sites (tertiary alicyclic amines) is 1. The second-order valence-electron chi connectivity index (χ2n) is 5.61. The van der Waals surface area contributed by atoms with Crippen molar-refractivity contribution < 1.29 is 43.5 Å². The van der Waals surface area contributed by atoms with Crippen molar-refractivity contribution >= 4 is 42.4 Å². The van der Waals surface area contributed by atoms with Crippen LogP contribution in [0.3, 0.4) is 0 Å². The van der Waals surface area contributed by atoms with Crippen molar-refractivity contribution in [3.05, 3.63) is 29.8 Å². The second-order valence-corrected chi connectivity index (χ2v) is 5.92. The second kappa shape index (κ2) is 11.4. The molecule has 138 valence electrons. The first kappa shape index (κ1) is 23.6. The van der Waals surface area contributed by atoms with Crippen LogP contribution in [0.15, 0.2) is 18.2 Å². The standard InChI is InChI=1S/C16H20FN3O2S.CH4S.Na/c1-2-22-16(21)19-7-5-12(6-8-19)20-14-4-3-11(17)9-13(14)18-15(20)10-23;1-2;/h3-4,9,12,23H,2,5-8,10H2,1H3;2H,1H3;/q;;+1/p-1. The molecular formula is C17H23FN3NaO2S2. The molecule has 5 nitrogen and oxygen atoms in total. The molecule has 0 saturated carbocycles. The predicted molar refractivity (Wildman–Crippen MR) is 103 cm³/mol. The maximum absolute atomic E-state index is 13.4. The molecule has 1 aliphatic heterocycles. The summed E-state index contributed by atoms with van der Waals surface area (Å²) >= 11 is 8.44. The summed E-state index contributed by atoms with van der Waals surface area (Å²) in [5.74, 6) is 1.04. The Morgan fingerprint density at radius 1 is 1.38 bits per heavy atom. The van der Waals surface area contributed by atoms with Gasteiger partial charge in [0, 0.05) is 31.0 Å². The van der Waals surface area contributed by atoms with Gasteiger partial charge in [0.05, 0.1) is 17.6 Å². The zero-order valence-electron chi connectivity index (χ0n) is 15.4. The van der Waals surface area contributed by atoms with Crippen LogP contribution in [-0.4, -0.2) is 46.5 Å². The average molecular weight is 408 g/mol. The van der Waals surface area contributed by atoms with Crippen LogP contribution in [0.1, 0.15) is 31.6 Å². The fourth-order valence-electron chi connectivity index (χ4n) is 3.16. The number of thiol groups is 1. The molecule has 1 amide bonds. The average Bonchev–Trinajstić information content (AvgIpc) is 3.01. The Labute approximate surface area is 186 Å². The largest absolute Gasteiger partial charge is 1.00 e. The normalized spacial score (nSPS) is 14.4. The van der Waals surface area contributed by atoms with E-state index in [0.29, 0.717) is 31.0 Å². The van der Waals surface area contributed by atoms with E-state index in [9.17, 15) is 9.18 Å². The molecule has 2 heterocycles. The zero-order chi connectivity index (χ0) is 18.4. The van der Waals surface area contributed by atoms with Crippen LogP contribution < -0.4 is 29.6 Å². The van der Waals surface area contributed by atoms with Crippen LogP contribution >= 0.6 is 12.6 Å². The molecule has 9 heteroatoms. The third-order valence-corrected chi connectivity index (χ3v) is 4.50. The van der Waals surface area contributed by atoms with Gasteiger partial charge < -0.3 is 26.8 Å². The van der Waals surface area contributed by atoms with E-state index in [1.54, 1.807) is 24.1 Å². The fourth-order valence-corrected chi connectivity index (χ4v) is 3.39. The Bertz CT molecular complexity index is 721. The molecule has 0 radical (unpaired) electrons. The van der Waals surface area contributed by atoms with Crippen LogP contribution in [0.5, 0.6) is 0 Å². The Balaban J connectivity index is 0.00000109. The quantitative estimate of drug-likeness (QED) is 0.459. The molecule has 26 heavy (non-hydrogen) atoms. The molecule has 1 fully saturated rings. The van der Waals surface area contributed by atoms with E-state index < -0.39 is 0 Å². The summed E-state index contributed by atoms with van der Waals surface area (Å²) < 4.78 is 20.6. The van der Waals surface area contributed by atoms with Crippen molar-refractivity contribution in [1.82, 2.24) is 14.5 Å². The number of ether oxygens (including phenoxy) is 1. The van der Waals surface area contributed by atoms with Gasteiger partial charge in [-0.15, -0.1) is 0 Å². The van der Waals surface area contributed by atoms with Crippen molar-refractivity contribution in [2.75, 3.05) is 26.0 Å². The van der Waals surface area contributed by atoms with Gasteiger partial charge >= 0.3 is 35.7 Å². The summed E-state index contributed by atoms with van der Waals surface area (Å²) in [5.41, 5.74) is 1.58. The molecule has 1 aromatic carbocycles. The predicted octanol–water partition coefficient (Wildman–Crippen LogP) is 0.566. The van der Waals surface area contributed by atoms with Crippen LogP contribution in [0, 0.1) is 5.82 Å². The Hall–Kier alpha value is -0.410. The van der Waals surface area contributed by atoms with Crippen LogP contribution in [0.25, 0.3) is 11.0 Å². The number of rotatable bonds is 3. The van der Waals surface area contributed by atoms with Crippen molar-refractivity contribution in [3.8, 4) is 0 Å². The molecule has 0 aliphatic carbocycles. The van der Waals surface area contributed by atoms with Crippen molar-refractivity contribution in [2.24, 2.45) is 0 Å². The van der Waals surface area contributed by atoms with Crippen LogP contribution in [0.4, 0.5) is 9.18 Å². The summed E-state index contributed by atoms with van der Waals surface area (Å²) in [6.07, 6.45) is 2.98. The summed E-state index contributed by atoms with van der Waals surface area (Å²) in [7, 11) is 0. The molecule has 0 spiro atoms. The van der Waals surface area contributed by atoms with E-state index in [2.05, 4.69) is 34.8 Å². The number of nitrogens with zero attached hydrogens (tertiary/aromatic N) is 3. The summed E-state index contributed by atoms with van der Waals surface area (Å²) in [6.45, 7) is 3.49. The zero-order valence-corrected chi connectivity index (χ0v) is 19.2. The van der Waals surface area contributed by atoms with E-state index in [0.717, 1.165) is 24.2 Å². The van der Waals surface area contributed by atoms with Gasteiger partial charge in [0.2, 0.25) is 0 Å².